The second-order valence-corrected chi connectivity index (χ2v) is 11.2. The van der Waals surface area contributed by atoms with Crippen molar-refractivity contribution in [3.63, 3.8) is 0 Å². The second-order valence-electron chi connectivity index (χ2n) is 11.2. The minimum atomic E-state index is -0.585. The number of rotatable bonds is 4. The number of aryl methyl sites for hydroxylation is 1. The summed E-state index contributed by atoms with van der Waals surface area (Å²) in [6, 6.07) is 18.7. The molecular formula is C31H28N2O5. The van der Waals surface area contributed by atoms with Crippen LogP contribution in [-0.2, 0) is 19.2 Å². The molecule has 7 nitrogen and oxygen atoms in total. The van der Waals surface area contributed by atoms with Crippen molar-refractivity contribution in [1.82, 2.24) is 0 Å². The highest BCUT2D eigenvalue weighted by Gasteiger charge is 2.61. The van der Waals surface area contributed by atoms with E-state index in [1.165, 1.54) is 4.90 Å². The normalized spacial score (nSPS) is 28.0. The van der Waals surface area contributed by atoms with E-state index in [1.807, 2.05) is 49.4 Å². The van der Waals surface area contributed by atoms with Crippen LogP contribution in [0.2, 0.25) is 0 Å². The number of nitrogens with zero attached hydrogens (tertiary/aromatic N) is 2. The maximum absolute atomic E-state index is 13.2. The number of carbonyl (C=O) groups is 4. The largest absolute Gasteiger partial charge is 0.426 e. The molecule has 0 unspecified atom stereocenters. The zero-order valence-corrected chi connectivity index (χ0v) is 21.1. The van der Waals surface area contributed by atoms with Crippen molar-refractivity contribution < 1.29 is 23.9 Å². The Morgan fingerprint density at radius 1 is 0.868 bits per heavy atom. The Kier molecular flexibility index (Phi) is 5.18. The van der Waals surface area contributed by atoms with Crippen LogP contribution in [-0.4, -0.2) is 30.2 Å². The summed E-state index contributed by atoms with van der Waals surface area (Å²) in [7, 11) is 0. The molecule has 4 aliphatic rings. The van der Waals surface area contributed by atoms with Gasteiger partial charge < -0.3 is 9.64 Å². The van der Waals surface area contributed by atoms with Crippen molar-refractivity contribution in [3.8, 4) is 5.75 Å². The summed E-state index contributed by atoms with van der Waals surface area (Å²) in [6.45, 7) is 2.07. The van der Waals surface area contributed by atoms with E-state index in [-0.39, 0.29) is 42.5 Å². The third-order valence-corrected chi connectivity index (χ3v) is 9.07. The number of esters is 1. The van der Waals surface area contributed by atoms with E-state index in [1.54, 1.807) is 23.1 Å². The van der Waals surface area contributed by atoms with Gasteiger partial charge in [0, 0.05) is 18.4 Å². The number of benzene rings is 3. The highest BCUT2D eigenvalue weighted by atomic mass is 16.5. The second kappa shape index (κ2) is 8.51. The molecule has 2 aliphatic carbocycles. The topological polar surface area (TPSA) is 84.0 Å². The van der Waals surface area contributed by atoms with Gasteiger partial charge in [-0.2, -0.15) is 0 Å². The summed E-state index contributed by atoms with van der Waals surface area (Å²) in [4.78, 5) is 55.4. The fourth-order valence-electron chi connectivity index (χ4n) is 7.33. The van der Waals surface area contributed by atoms with Gasteiger partial charge in [-0.3, -0.25) is 19.2 Å². The molecule has 3 aromatic carbocycles. The smallest absolute Gasteiger partial charge is 0.316 e. The number of anilines is 2. The summed E-state index contributed by atoms with van der Waals surface area (Å²) in [5.41, 5.74) is 2.05. The Hall–Kier alpha value is -4.00. The molecule has 7 rings (SSSR count). The number of hydrogen-bond acceptors (Lipinski definition) is 5. The Balaban J connectivity index is 1.07. The molecule has 0 radical (unpaired) electrons. The molecule has 192 valence electrons. The molecule has 0 N–H and O–H groups in total. The lowest BCUT2D eigenvalue weighted by Crippen LogP contribution is -2.33. The van der Waals surface area contributed by atoms with Crippen LogP contribution in [0.25, 0.3) is 10.8 Å². The number of hydrogen-bond donors (Lipinski definition) is 0. The molecule has 0 spiro atoms. The average Bonchev–Trinajstić information content (AvgIpc) is 3.68. The van der Waals surface area contributed by atoms with Gasteiger partial charge in [-0.25, -0.2) is 4.90 Å². The lowest BCUT2D eigenvalue weighted by atomic mass is 9.81. The zero-order chi connectivity index (χ0) is 26.1. The molecule has 2 bridgehead atoms. The monoisotopic (exact) mass is 508 g/mol. The number of fused-ring (bicyclic) bond motifs is 6. The lowest BCUT2D eigenvalue weighted by molar-refractivity contribution is -0.139. The van der Waals surface area contributed by atoms with Crippen LogP contribution in [0.5, 0.6) is 5.75 Å². The summed E-state index contributed by atoms with van der Waals surface area (Å²) in [5.74, 6) is -0.691. The molecule has 2 heterocycles. The minimum absolute atomic E-state index is 0.0843. The third-order valence-electron chi connectivity index (χ3n) is 9.07. The Bertz CT molecular complexity index is 1500. The number of carbonyl (C=O) groups excluding carboxylic acids is 4. The van der Waals surface area contributed by atoms with Crippen LogP contribution in [0.4, 0.5) is 11.4 Å². The van der Waals surface area contributed by atoms with Crippen LogP contribution < -0.4 is 14.5 Å². The van der Waals surface area contributed by atoms with E-state index in [0.29, 0.717) is 28.8 Å². The Morgan fingerprint density at radius 2 is 1.58 bits per heavy atom. The van der Waals surface area contributed by atoms with Crippen molar-refractivity contribution >= 4 is 45.8 Å². The first kappa shape index (κ1) is 23.1. The predicted molar refractivity (Wildman–Crippen MR) is 142 cm³/mol. The van der Waals surface area contributed by atoms with Gasteiger partial charge in [0.2, 0.25) is 17.7 Å². The maximum Gasteiger partial charge on any atom is 0.316 e. The zero-order valence-electron chi connectivity index (χ0n) is 21.1. The van der Waals surface area contributed by atoms with Crippen molar-refractivity contribution in [1.29, 1.82) is 0 Å². The van der Waals surface area contributed by atoms with E-state index >= 15 is 0 Å². The summed E-state index contributed by atoms with van der Waals surface area (Å²) >= 11 is 0. The van der Waals surface area contributed by atoms with E-state index in [0.717, 1.165) is 35.7 Å². The molecule has 0 aromatic heterocycles. The van der Waals surface area contributed by atoms with Gasteiger partial charge >= 0.3 is 5.97 Å². The van der Waals surface area contributed by atoms with Gasteiger partial charge in [-0.05, 0) is 73.2 Å². The first-order valence-corrected chi connectivity index (χ1v) is 13.4. The van der Waals surface area contributed by atoms with E-state index < -0.39 is 11.9 Å². The quantitative estimate of drug-likeness (QED) is 0.291. The number of amides is 3. The van der Waals surface area contributed by atoms with Crippen LogP contribution in [0.15, 0.2) is 60.7 Å². The van der Waals surface area contributed by atoms with Crippen molar-refractivity contribution in [2.24, 2.45) is 29.6 Å². The molecule has 2 aliphatic heterocycles. The predicted octanol–water partition coefficient (Wildman–Crippen LogP) is 4.64. The highest BCUT2D eigenvalue weighted by molar-refractivity contribution is 6.23. The molecular weight excluding hydrogens is 480 g/mol. The minimum Gasteiger partial charge on any atom is -0.426 e. The van der Waals surface area contributed by atoms with Gasteiger partial charge in [0.15, 0.2) is 0 Å². The van der Waals surface area contributed by atoms with Gasteiger partial charge in [0.05, 0.1) is 29.1 Å². The molecule has 3 amide bonds. The van der Waals surface area contributed by atoms with Crippen molar-refractivity contribution in [3.05, 3.63) is 66.2 Å². The first-order valence-electron chi connectivity index (χ1n) is 13.4. The lowest BCUT2D eigenvalue weighted by Gasteiger charge is -2.20. The van der Waals surface area contributed by atoms with E-state index in [4.69, 9.17) is 4.74 Å². The number of ether oxygens (including phenoxy) is 1. The SMILES string of the molecule is Cc1cc(OC(=O)[C@@H]2CC(=O)N(c3cccc4ccccc34)C2)ccc1N1C(=O)[C@H]2[C@H]3CC[C@@H](C3)[C@@H]2C1=O. The van der Waals surface area contributed by atoms with Crippen molar-refractivity contribution in [2.75, 3.05) is 16.3 Å². The van der Waals surface area contributed by atoms with Crippen LogP contribution in [0.3, 0.4) is 0 Å². The van der Waals surface area contributed by atoms with Gasteiger partial charge in [0.25, 0.3) is 0 Å². The molecule has 2 saturated carbocycles. The number of imide groups is 1. The van der Waals surface area contributed by atoms with Gasteiger partial charge in [-0.15, -0.1) is 0 Å². The maximum atomic E-state index is 13.2. The van der Waals surface area contributed by atoms with Crippen LogP contribution in [0, 0.1) is 36.5 Å². The van der Waals surface area contributed by atoms with Gasteiger partial charge in [0.1, 0.15) is 5.75 Å². The average molecular weight is 509 g/mol. The molecule has 38 heavy (non-hydrogen) atoms. The summed E-state index contributed by atoms with van der Waals surface area (Å²) < 4.78 is 5.68. The Morgan fingerprint density at radius 3 is 2.32 bits per heavy atom. The molecule has 3 aromatic rings. The van der Waals surface area contributed by atoms with Crippen LogP contribution >= 0.6 is 0 Å². The van der Waals surface area contributed by atoms with Gasteiger partial charge in [-0.1, -0.05) is 36.4 Å². The molecule has 5 atom stereocenters. The first-order chi connectivity index (χ1) is 18.4. The standard InChI is InChI=1S/C31H28N2O5/c1-17-13-22(11-12-24(17)33-29(35)27-19-9-10-20(14-19)28(27)30(33)36)38-31(37)21-15-26(34)32(16-21)25-8-4-6-18-5-2-3-7-23(18)25/h2-8,11-13,19-21,27-28H,9-10,14-16H2,1H3/t19-,20-,21+,27-,28-/m0/s1. The van der Waals surface area contributed by atoms with Crippen LogP contribution in [0.1, 0.15) is 31.2 Å². The fraction of sp³-hybridized carbons (Fsp3) is 0.355. The molecule has 2 saturated heterocycles. The molecule has 4 fully saturated rings. The third kappa shape index (κ3) is 3.41. The van der Waals surface area contributed by atoms with E-state index in [2.05, 4.69) is 0 Å². The van der Waals surface area contributed by atoms with Crippen molar-refractivity contribution in [2.45, 2.75) is 32.6 Å². The molecule has 7 heteroatoms. The highest BCUT2D eigenvalue weighted by Crippen LogP contribution is 2.56. The Labute approximate surface area is 220 Å². The van der Waals surface area contributed by atoms with E-state index in [9.17, 15) is 19.2 Å². The summed E-state index contributed by atoms with van der Waals surface area (Å²) in [5, 5.41) is 2.00. The summed E-state index contributed by atoms with van der Waals surface area (Å²) in [6.07, 6.45) is 3.15. The fourth-order valence-corrected chi connectivity index (χ4v) is 7.33.